The van der Waals surface area contributed by atoms with Crippen LogP contribution in [0.15, 0.2) is 11.4 Å². The minimum atomic E-state index is -0.616. The maximum Gasteiger partial charge on any atom is 0.0362 e. The molecule has 18 heavy (non-hydrogen) atoms. The Labute approximate surface area is 117 Å². The maximum absolute atomic E-state index is 11.9. The fourth-order valence-corrected chi connectivity index (χ4v) is 4.83. The van der Waals surface area contributed by atoms with Crippen molar-refractivity contribution in [3.05, 3.63) is 21.9 Å². The van der Waals surface area contributed by atoms with E-state index in [1.165, 1.54) is 23.3 Å². The van der Waals surface area contributed by atoms with E-state index in [2.05, 4.69) is 23.7 Å². The highest BCUT2D eigenvalue weighted by Crippen LogP contribution is 2.24. The van der Waals surface area contributed by atoms with Crippen molar-refractivity contribution in [3.8, 4) is 0 Å². The van der Waals surface area contributed by atoms with Gasteiger partial charge >= 0.3 is 0 Å². The number of nitrogens with one attached hydrogen (secondary N) is 1. The smallest absolute Gasteiger partial charge is 0.0362 e. The third-order valence-electron chi connectivity index (χ3n) is 3.80. The fraction of sp³-hybridized carbons (Fsp3) is 0.714. The van der Waals surface area contributed by atoms with Gasteiger partial charge in [-0.1, -0.05) is 13.3 Å². The zero-order chi connectivity index (χ0) is 13.0. The van der Waals surface area contributed by atoms with Gasteiger partial charge in [-0.05, 0) is 43.2 Å². The Morgan fingerprint density at radius 1 is 1.50 bits per heavy atom. The highest BCUT2D eigenvalue weighted by molar-refractivity contribution is 7.85. The molecular weight excluding hydrogens is 262 g/mol. The normalized spacial score (nSPS) is 26.1. The monoisotopic (exact) mass is 285 g/mol. The lowest BCUT2D eigenvalue weighted by molar-refractivity contribution is 0.376. The average Bonchev–Trinajstić information content (AvgIpc) is 2.81. The Bertz CT molecular complexity index is 402. The first-order chi connectivity index (χ1) is 8.70. The first-order valence-electron chi connectivity index (χ1n) is 6.84. The summed E-state index contributed by atoms with van der Waals surface area (Å²) < 4.78 is 11.9. The topological polar surface area (TPSA) is 29.1 Å². The van der Waals surface area contributed by atoms with Gasteiger partial charge in [0.15, 0.2) is 0 Å². The van der Waals surface area contributed by atoms with E-state index in [1.807, 2.05) is 18.3 Å². The summed E-state index contributed by atoms with van der Waals surface area (Å²) in [6, 6.07) is 2.73. The second kappa shape index (κ2) is 6.83. The molecule has 2 rings (SSSR count). The van der Waals surface area contributed by atoms with Crippen LogP contribution in [-0.2, 0) is 17.3 Å². The molecule has 2 nitrogen and oxygen atoms in total. The van der Waals surface area contributed by atoms with Crippen molar-refractivity contribution in [2.24, 2.45) is 0 Å². The van der Waals surface area contributed by atoms with Crippen LogP contribution in [0.3, 0.4) is 0 Å². The van der Waals surface area contributed by atoms with E-state index < -0.39 is 10.8 Å². The molecule has 0 bridgehead atoms. The zero-order valence-corrected chi connectivity index (χ0v) is 12.9. The zero-order valence-electron chi connectivity index (χ0n) is 11.3. The highest BCUT2D eigenvalue weighted by atomic mass is 32.2. The lowest BCUT2D eigenvalue weighted by atomic mass is 9.95. The molecule has 1 aliphatic carbocycles. The van der Waals surface area contributed by atoms with Crippen LogP contribution in [0.2, 0.25) is 0 Å². The van der Waals surface area contributed by atoms with E-state index in [0.29, 0.717) is 11.3 Å². The van der Waals surface area contributed by atoms with E-state index in [1.54, 1.807) is 0 Å². The van der Waals surface area contributed by atoms with Crippen molar-refractivity contribution < 1.29 is 4.21 Å². The molecule has 1 aliphatic rings. The Balaban J connectivity index is 1.83. The van der Waals surface area contributed by atoms with Gasteiger partial charge in [0, 0.05) is 39.3 Å². The van der Waals surface area contributed by atoms with Crippen LogP contribution in [0.4, 0.5) is 0 Å². The molecule has 1 saturated carbocycles. The average molecular weight is 285 g/mol. The lowest BCUT2D eigenvalue weighted by Gasteiger charge is -2.29. The summed E-state index contributed by atoms with van der Waals surface area (Å²) in [6.45, 7) is 5.17. The molecule has 0 amide bonds. The number of rotatable bonds is 5. The molecule has 0 unspecified atom stereocenters. The van der Waals surface area contributed by atoms with Crippen LogP contribution >= 0.6 is 11.3 Å². The second-order valence-electron chi connectivity index (χ2n) is 5.06. The summed E-state index contributed by atoms with van der Waals surface area (Å²) >= 11 is 1.83. The van der Waals surface area contributed by atoms with Gasteiger partial charge in [0.1, 0.15) is 0 Å². The molecule has 1 aromatic rings. The second-order valence-corrected chi connectivity index (χ2v) is 8.07. The third-order valence-corrected chi connectivity index (χ3v) is 6.57. The van der Waals surface area contributed by atoms with Gasteiger partial charge in [-0.3, -0.25) is 4.21 Å². The van der Waals surface area contributed by atoms with Gasteiger partial charge in [0.05, 0.1) is 0 Å². The molecule has 1 heterocycles. The number of aryl methyl sites for hydroxylation is 1. The predicted molar refractivity (Wildman–Crippen MR) is 80.6 cm³/mol. The van der Waals surface area contributed by atoms with Crippen molar-refractivity contribution in [3.63, 3.8) is 0 Å². The Morgan fingerprint density at radius 2 is 2.33 bits per heavy atom. The predicted octanol–water partition coefficient (Wildman–Crippen LogP) is 3.23. The van der Waals surface area contributed by atoms with Gasteiger partial charge in [0.2, 0.25) is 0 Å². The number of hydrogen-bond acceptors (Lipinski definition) is 3. The molecule has 0 aliphatic heterocycles. The minimum Gasteiger partial charge on any atom is -0.309 e. The standard InChI is InChI=1S/C14H23NOS2/c1-3-18(16)13-6-4-5-12(9-13)15-10-14-11(2)7-8-17-14/h7-8,12-13,15H,3-6,9-10H2,1-2H3/t12-,13-,18+/m0/s1. The van der Waals surface area contributed by atoms with Crippen molar-refractivity contribution in [1.29, 1.82) is 0 Å². The van der Waals surface area contributed by atoms with E-state index in [9.17, 15) is 4.21 Å². The van der Waals surface area contributed by atoms with Crippen molar-refractivity contribution in [2.45, 2.75) is 57.4 Å². The Kier molecular flexibility index (Phi) is 5.39. The minimum absolute atomic E-state index is 0.422. The van der Waals surface area contributed by atoms with Crippen molar-refractivity contribution in [2.75, 3.05) is 5.75 Å². The summed E-state index contributed by atoms with van der Waals surface area (Å²) in [4.78, 5) is 1.44. The first-order valence-corrected chi connectivity index (χ1v) is 9.10. The summed E-state index contributed by atoms with van der Waals surface area (Å²) in [5, 5.41) is 6.23. The van der Waals surface area contributed by atoms with Crippen LogP contribution in [0.25, 0.3) is 0 Å². The summed E-state index contributed by atoms with van der Waals surface area (Å²) in [5.74, 6) is 0.807. The van der Waals surface area contributed by atoms with E-state index >= 15 is 0 Å². The molecule has 1 N–H and O–H groups in total. The van der Waals surface area contributed by atoms with E-state index in [0.717, 1.165) is 25.1 Å². The molecular formula is C14H23NOS2. The van der Waals surface area contributed by atoms with Gasteiger partial charge < -0.3 is 5.32 Å². The van der Waals surface area contributed by atoms with E-state index in [-0.39, 0.29) is 0 Å². The molecule has 0 saturated heterocycles. The van der Waals surface area contributed by atoms with Gasteiger partial charge in [-0.15, -0.1) is 11.3 Å². The molecule has 1 fully saturated rings. The lowest BCUT2D eigenvalue weighted by Crippen LogP contribution is -2.37. The molecule has 0 aromatic carbocycles. The number of hydrogen-bond donors (Lipinski definition) is 1. The van der Waals surface area contributed by atoms with Crippen molar-refractivity contribution >= 4 is 22.1 Å². The largest absolute Gasteiger partial charge is 0.309 e. The van der Waals surface area contributed by atoms with Crippen LogP contribution < -0.4 is 5.32 Å². The number of thiophene rings is 1. The fourth-order valence-electron chi connectivity index (χ4n) is 2.63. The first kappa shape index (κ1) is 14.2. The molecule has 3 atom stereocenters. The van der Waals surface area contributed by atoms with Gasteiger partial charge in [0.25, 0.3) is 0 Å². The van der Waals surface area contributed by atoms with Crippen molar-refractivity contribution in [1.82, 2.24) is 5.32 Å². The summed E-state index contributed by atoms with van der Waals surface area (Å²) in [7, 11) is -0.616. The van der Waals surface area contributed by atoms with Gasteiger partial charge in [-0.2, -0.15) is 0 Å². The molecule has 1 aromatic heterocycles. The highest BCUT2D eigenvalue weighted by Gasteiger charge is 2.25. The van der Waals surface area contributed by atoms with Crippen LogP contribution in [0.1, 0.15) is 43.0 Å². The molecule has 0 radical (unpaired) electrons. The summed E-state index contributed by atoms with van der Waals surface area (Å²) in [5.41, 5.74) is 1.39. The molecule has 4 heteroatoms. The molecule has 0 spiro atoms. The molecule has 102 valence electrons. The maximum atomic E-state index is 11.9. The van der Waals surface area contributed by atoms with Crippen LogP contribution in [0.5, 0.6) is 0 Å². The van der Waals surface area contributed by atoms with Crippen LogP contribution in [0, 0.1) is 6.92 Å². The van der Waals surface area contributed by atoms with Crippen LogP contribution in [-0.4, -0.2) is 21.3 Å². The SMILES string of the molecule is CC[S@@](=O)[C@H]1CCC[C@H](NCc2sccc2C)C1. The van der Waals surface area contributed by atoms with Gasteiger partial charge in [-0.25, -0.2) is 0 Å². The Morgan fingerprint density at radius 3 is 3.00 bits per heavy atom. The Hall–Kier alpha value is -0.190. The third kappa shape index (κ3) is 3.65. The quantitative estimate of drug-likeness (QED) is 0.900. The summed E-state index contributed by atoms with van der Waals surface area (Å²) in [6.07, 6.45) is 4.70. The van der Waals surface area contributed by atoms with E-state index in [4.69, 9.17) is 0 Å².